The van der Waals surface area contributed by atoms with E-state index in [4.69, 9.17) is 16.3 Å². The maximum absolute atomic E-state index is 13.8. The lowest BCUT2D eigenvalue weighted by molar-refractivity contribution is -0.716. The van der Waals surface area contributed by atoms with Gasteiger partial charge < -0.3 is 15.2 Å². The number of ketones is 1. The zero-order chi connectivity index (χ0) is 23.3. The Balaban J connectivity index is 1.91. The van der Waals surface area contributed by atoms with Crippen LogP contribution in [0.25, 0.3) is 5.76 Å². The van der Waals surface area contributed by atoms with Gasteiger partial charge in [0.05, 0.1) is 7.11 Å². The van der Waals surface area contributed by atoms with Crippen LogP contribution in [0.5, 0.6) is 0 Å². The fourth-order valence-electron chi connectivity index (χ4n) is 4.78. The van der Waals surface area contributed by atoms with E-state index in [1.54, 1.807) is 54.9 Å². The molecule has 1 aliphatic carbocycles. The summed E-state index contributed by atoms with van der Waals surface area (Å²) in [7, 11) is 1.19. The monoisotopic (exact) mass is 460 g/mol. The number of carbonyl (C=O) groups is 3. The van der Waals surface area contributed by atoms with Crippen LogP contribution in [0.1, 0.15) is 27.5 Å². The molecule has 2 heterocycles. The highest BCUT2D eigenvalue weighted by Gasteiger charge is 2.65. The molecular weight excluding hydrogens is 444 g/mol. The number of nitrogens with one attached hydrogen (secondary N) is 1. The predicted molar refractivity (Wildman–Crippen MR) is 117 cm³/mol. The van der Waals surface area contributed by atoms with Gasteiger partial charge in [-0.1, -0.05) is 47.7 Å². The van der Waals surface area contributed by atoms with Crippen LogP contribution >= 0.6 is 11.6 Å². The average Bonchev–Trinajstić information content (AvgIpc) is 3.25. The molecule has 2 aliphatic rings. The van der Waals surface area contributed by atoms with E-state index in [1.165, 1.54) is 29.9 Å². The molecule has 1 aliphatic heterocycles. The molecule has 33 heavy (non-hydrogen) atoms. The third kappa shape index (κ3) is 2.82. The Bertz CT molecular complexity index is 1370. The summed E-state index contributed by atoms with van der Waals surface area (Å²) < 4.78 is 6.57. The number of anilines is 1. The van der Waals surface area contributed by atoms with Gasteiger partial charge in [-0.2, -0.15) is 4.57 Å². The lowest BCUT2D eigenvalue weighted by atomic mass is 9.67. The second-order valence-electron chi connectivity index (χ2n) is 7.78. The van der Waals surface area contributed by atoms with Crippen molar-refractivity contribution in [1.29, 1.82) is 0 Å². The maximum Gasteiger partial charge on any atom is 0.377 e. The molecule has 0 radical (unpaired) electrons. The molecule has 1 N–H and O–H groups in total. The van der Waals surface area contributed by atoms with Crippen molar-refractivity contribution in [2.24, 2.45) is 0 Å². The summed E-state index contributed by atoms with van der Waals surface area (Å²) in [6.45, 7) is 0. The number of pyridine rings is 1. The Morgan fingerprint density at radius 2 is 1.76 bits per heavy atom. The van der Waals surface area contributed by atoms with Gasteiger partial charge in [-0.15, -0.1) is 0 Å². The van der Waals surface area contributed by atoms with Crippen molar-refractivity contribution in [1.82, 2.24) is 0 Å². The standard InChI is InChI=1S/C25H17ClN2O5/c1-33-23(31)22(28-11-5-2-6-12-28)25(17-13-14(26)9-10-18(17)27-24(25)32)19-20(29)15-7-3-4-8-16(15)21(19)30/h2-13,22H,1H3,(H-,27,29,30,32)/t22-,25-/m0/s1. The topological polar surface area (TPSA) is 99.4 Å². The van der Waals surface area contributed by atoms with Crippen molar-refractivity contribution in [2.75, 3.05) is 12.4 Å². The number of methoxy groups -OCH3 is 1. The number of esters is 1. The number of amides is 1. The van der Waals surface area contributed by atoms with Gasteiger partial charge >= 0.3 is 5.97 Å². The van der Waals surface area contributed by atoms with Crippen molar-refractivity contribution in [3.8, 4) is 0 Å². The Labute approximate surface area is 193 Å². The lowest BCUT2D eigenvalue weighted by Gasteiger charge is -2.33. The normalized spacial score (nSPS) is 19.7. The lowest BCUT2D eigenvalue weighted by Crippen LogP contribution is -2.60. The molecule has 8 heteroatoms. The van der Waals surface area contributed by atoms with Gasteiger partial charge in [0.1, 0.15) is 0 Å². The molecule has 1 amide bonds. The minimum atomic E-state index is -2.01. The van der Waals surface area contributed by atoms with Crippen molar-refractivity contribution in [2.45, 2.75) is 11.5 Å². The second-order valence-corrected chi connectivity index (χ2v) is 8.22. The first-order valence-electron chi connectivity index (χ1n) is 10.1. The highest BCUT2D eigenvalue weighted by Crippen LogP contribution is 2.53. The van der Waals surface area contributed by atoms with Gasteiger partial charge in [0.2, 0.25) is 5.91 Å². The second kappa shape index (κ2) is 7.56. The van der Waals surface area contributed by atoms with Gasteiger partial charge in [0.25, 0.3) is 6.04 Å². The molecule has 2 aromatic carbocycles. The summed E-state index contributed by atoms with van der Waals surface area (Å²) in [4.78, 5) is 40.8. The highest BCUT2D eigenvalue weighted by molar-refractivity contribution is 6.32. The molecule has 3 aromatic rings. The zero-order valence-electron chi connectivity index (χ0n) is 17.4. The number of benzene rings is 2. The number of halogens is 1. The van der Waals surface area contributed by atoms with Gasteiger partial charge in [-0.05, 0) is 23.8 Å². The van der Waals surface area contributed by atoms with Crippen molar-refractivity contribution in [3.63, 3.8) is 0 Å². The van der Waals surface area contributed by atoms with E-state index in [0.29, 0.717) is 5.69 Å². The van der Waals surface area contributed by atoms with Crippen molar-refractivity contribution in [3.05, 3.63) is 100 Å². The quantitative estimate of drug-likeness (QED) is 0.475. The van der Waals surface area contributed by atoms with Gasteiger partial charge in [0, 0.05) is 39.5 Å². The van der Waals surface area contributed by atoms with Crippen LogP contribution in [0.4, 0.5) is 5.69 Å². The van der Waals surface area contributed by atoms with E-state index in [2.05, 4.69) is 5.32 Å². The van der Waals surface area contributed by atoms with Crippen LogP contribution < -0.4 is 15.0 Å². The number of hydrogen-bond acceptors (Lipinski definition) is 5. The van der Waals surface area contributed by atoms with E-state index in [1.807, 2.05) is 0 Å². The maximum atomic E-state index is 13.8. The Morgan fingerprint density at radius 1 is 1.06 bits per heavy atom. The van der Waals surface area contributed by atoms with E-state index in [-0.39, 0.29) is 27.3 Å². The first kappa shape index (κ1) is 20.9. The number of fused-ring (bicyclic) bond motifs is 2. The SMILES string of the molecule is COC(=O)[C@H]([n+]1ccccc1)[C@]1(C2=C([O-])c3ccccc3C2=O)C(=O)Nc2ccc(Cl)cc21. The first-order chi connectivity index (χ1) is 15.9. The molecule has 0 spiro atoms. The number of aromatic nitrogens is 1. The number of nitrogens with zero attached hydrogens (tertiary/aromatic N) is 1. The molecule has 0 saturated heterocycles. The van der Waals surface area contributed by atoms with Crippen LogP contribution in [0.15, 0.2) is 78.6 Å². The number of Topliss-reactive ketones (excluding diaryl/α,β-unsaturated/α-hetero) is 1. The zero-order valence-corrected chi connectivity index (χ0v) is 18.1. The van der Waals surface area contributed by atoms with E-state index >= 15 is 0 Å². The molecule has 0 saturated carbocycles. The molecule has 164 valence electrons. The van der Waals surface area contributed by atoms with E-state index in [0.717, 1.165) is 0 Å². The van der Waals surface area contributed by atoms with Crippen LogP contribution in [-0.4, -0.2) is 24.8 Å². The molecule has 5 rings (SSSR count). The minimum Gasteiger partial charge on any atom is -0.872 e. The summed E-state index contributed by atoms with van der Waals surface area (Å²) in [6, 6.07) is 14.7. The number of rotatable bonds is 4. The Morgan fingerprint density at radius 3 is 2.42 bits per heavy atom. The molecule has 0 fully saturated rings. The largest absolute Gasteiger partial charge is 0.872 e. The summed E-state index contributed by atoms with van der Waals surface area (Å²) in [5.74, 6) is -2.69. The fraction of sp³-hybridized carbons (Fsp3) is 0.120. The summed E-state index contributed by atoms with van der Waals surface area (Å²) in [5, 5.41) is 16.7. The van der Waals surface area contributed by atoms with E-state index < -0.39 is 34.9 Å². The predicted octanol–water partition coefficient (Wildman–Crippen LogP) is 2.20. The fourth-order valence-corrected chi connectivity index (χ4v) is 4.95. The molecule has 0 unspecified atom stereocenters. The number of ether oxygens (including phenoxy) is 1. The minimum absolute atomic E-state index is 0.182. The third-order valence-corrected chi connectivity index (χ3v) is 6.38. The van der Waals surface area contributed by atoms with Crippen LogP contribution in [0.3, 0.4) is 0 Å². The smallest absolute Gasteiger partial charge is 0.377 e. The molecular formula is C25H17ClN2O5. The van der Waals surface area contributed by atoms with Gasteiger partial charge in [-0.3, -0.25) is 9.59 Å². The van der Waals surface area contributed by atoms with Crippen molar-refractivity contribution >= 4 is 40.7 Å². The van der Waals surface area contributed by atoms with Gasteiger partial charge in [0.15, 0.2) is 23.6 Å². The summed E-state index contributed by atoms with van der Waals surface area (Å²) >= 11 is 6.29. The summed E-state index contributed by atoms with van der Waals surface area (Å²) in [6.07, 6.45) is 3.16. The molecule has 0 bridgehead atoms. The Hall–Kier alpha value is -3.97. The number of hydrogen-bond donors (Lipinski definition) is 1. The third-order valence-electron chi connectivity index (χ3n) is 6.15. The van der Waals surface area contributed by atoms with Crippen molar-refractivity contribution < 1.29 is 28.8 Å². The summed E-state index contributed by atoms with van der Waals surface area (Å²) in [5.41, 5.74) is -1.33. The molecule has 1 aromatic heterocycles. The van der Waals surface area contributed by atoms with Crippen LogP contribution in [-0.2, 0) is 19.7 Å². The molecule has 7 nitrogen and oxygen atoms in total. The average molecular weight is 461 g/mol. The van der Waals surface area contributed by atoms with Gasteiger partial charge in [-0.25, -0.2) is 4.79 Å². The van der Waals surface area contributed by atoms with E-state index in [9.17, 15) is 19.5 Å². The Kier molecular flexibility index (Phi) is 4.79. The molecule has 2 atom stereocenters. The number of carbonyl (C=O) groups excluding carboxylic acids is 3. The van der Waals surface area contributed by atoms with Crippen LogP contribution in [0.2, 0.25) is 5.02 Å². The van der Waals surface area contributed by atoms with Crippen LogP contribution in [0, 0.1) is 0 Å². The highest BCUT2D eigenvalue weighted by atomic mass is 35.5. The first-order valence-corrected chi connectivity index (χ1v) is 10.5.